The Morgan fingerprint density at radius 3 is 2.38 bits per heavy atom. The summed E-state index contributed by atoms with van der Waals surface area (Å²) < 4.78 is 18.6. The Hall–Kier alpha value is -1.84. The standard InChI is InChI=1S/C20H24FNO2/c1-24-18-4-2-13(9-17(18)21)3-5-19(23)22-20-10-14-6-15(11-20)8-16(7-14)12-20/h2-5,9,14-16H,6-8,10-12H2,1H3,(H,22,23). The summed E-state index contributed by atoms with van der Waals surface area (Å²) in [6, 6.07) is 4.70. The van der Waals surface area contributed by atoms with Crippen molar-refractivity contribution in [3.63, 3.8) is 0 Å². The number of methoxy groups -OCH3 is 1. The van der Waals surface area contributed by atoms with E-state index in [1.807, 2.05) is 0 Å². The normalized spacial score (nSPS) is 33.8. The number of amides is 1. The van der Waals surface area contributed by atoms with E-state index in [1.165, 1.54) is 38.5 Å². The van der Waals surface area contributed by atoms with Crippen LogP contribution in [0.1, 0.15) is 44.1 Å². The van der Waals surface area contributed by atoms with Gasteiger partial charge < -0.3 is 10.1 Å². The molecule has 4 fully saturated rings. The van der Waals surface area contributed by atoms with E-state index in [0.29, 0.717) is 5.56 Å². The smallest absolute Gasteiger partial charge is 0.244 e. The number of hydrogen-bond donors (Lipinski definition) is 1. The number of nitrogens with one attached hydrogen (secondary N) is 1. The van der Waals surface area contributed by atoms with Gasteiger partial charge in [-0.15, -0.1) is 0 Å². The molecule has 4 bridgehead atoms. The molecule has 0 heterocycles. The summed E-state index contributed by atoms with van der Waals surface area (Å²) in [5.41, 5.74) is 0.676. The fraction of sp³-hybridized carbons (Fsp3) is 0.550. The van der Waals surface area contributed by atoms with E-state index in [4.69, 9.17) is 4.74 Å². The molecule has 4 aliphatic carbocycles. The molecule has 0 atom stereocenters. The van der Waals surface area contributed by atoms with Crippen LogP contribution in [0.4, 0.5) is 4.39 Å². The lowest BCUT2D eigenvalue weighted by atomic mass is 9.53. The Kier molecular flexibility index (Phi) is 3.86. The predicted octanol–water partition coefficient (Wildman–Crippen LogP) is 3.93. The third-order valence-electron chi connectivity index (χ3n) is 6.03. The molecule has 3 nitrogen and oxygen atoms in total. The Morgan fingerprint density at radius 2 is 1.83 bits per heavy atom. The summed E-state index contributed by atoms with van der Waals surface area (Å²) in [6.45, 7) is 0. The third-order valence-corrected chi connectivity index (χ3v) is 6.03. The molecule has 4 saturated carbocycles. The van der Waals surface area contributed by atoms with E-state index in [0.717, 1.165) is 37.0 Å². The van der Waals surface area contributed by atoms with E-state index in [9.17, 15) is 9.18 Å². The Balaban J connectivity index is 1.42. The average Bonchev–Trinajstić information content (AvgIpc) is 2.51. The van der Waals surface area contributed by atoms with Crippen molar-refractivity contribution in [2.24, 2.45) is 17.8 Å². The minimum Gasteiger partial charge on any atom is -0.494 e. The Bertz CT molecular complexity index is 647. The van der Waals surface area contributed by atoms with Gasteiger partial charge in [0.1, 0.15) is 0 Å². The Labute approximate surface area is 142 Å². The van der Waals surface area contributed by atoms with Gasteiger partial charge in [-0.2, -0.15) is 0 Å². The van der Waals surface area contributed by atoms with Gasteiger partial charge >= 0.3 is 0 Å². The lowest BCUT2D eigenvalue weighted by Gasteiger charge is -2.56. The molecule has 128 valence electrons. The zero-order chi connectivity index (χ0) is 16.7. The molecule has 1 N–H and O–H groups in total. The van der Waals surface area contributed by atoms with Crippen molar-refractivity contribution < 1.29 is 13.9 Å². The number of benzene rings is 1. The number of halogens is 1. The second kappa shape index (κ2) is 5.91. The molecule has 0 spiro atoms. The first kappa shape index (κ1) is 15.7. The molecule has 0 unspecified atom stereocenters. The lowest BCUT2D eigenvalue weighted by molar-refractivity contribution is -0.122. The van der Waals surface area contributed by atoms with Crippen molar-refractivity contribution in [3.8, 4) is 5.75 Å². The van der Waals surface area contributed by atoms with Crippen LogP contribution in [0, 0.1) is 23.6 Å². The number of carbonyl (C=O) groups is 1. The average molecular weight is 329 g/mol. The molecular formula is C20H24FNO2. The first-order chi connectivity index (χ1) is 11.5. The monoisotopic (exact) mass is 329 g/mol. The number of rotatable bonds is 4. The summed E-state index contributed by atoms with van der Waals surface area (Å²) in [5.74, 6) is 2.14. The maximum Gasteiger partial charge on any atom is 0.244 e. The second-order valence-corrected chi connectivity index (χ2v) is 7.91. The van der Waals surface area contributed by atoms with Gasteiger partial charge in [-0.05, 0) is 80.1 Å². The third kappa shape index (κ3) is 2.94. The quantitative estimate of drug-likeness (QED) is 0.850. The molecule has 0 radical (unpaired) electrons. The highest BCUT2D eigenvalue weighted by Crippen LogP contribution is 2.55. The van der Waals surface area contributed by atoms with Gasteiger partial charge in [0.05, 0.1) is 7.11 Å². The van der Waals surface area contributed by atoms with E-state index in [-0.39, 0.29) is 17.2 Å². The van der Waals surface area contributed by atoms with Crippen molar-refractivity contribution in [2.45, 2.75) is 44.1 Å². The van der Waals surface area contributed by atoms with E-state index >= 15 is 0 Å². The highest BCUT2D eigenvalue weighted by Gasteiger charge is 2.51. The van der Waals surface area contributed by atoms with Crippen LogP contribution < -0.4 is 10.1 Å². The van der Waals surface area contributed by atoms with Crippen LogP contribution in [0.5, 0.6) is 5.75 Å². The second-order valence-electron chi connectivity index (χ2n) is 7.91. The zero-order valence-electron chi connectivity index (χ0n) is 14.1. The number of ether oxygens (including phenoxy) is 1. The molecule has 5 rings (SSSR count). The fourth-order valence-electron chi connectivity index (χ4n) is 5.52. The molecule has 0 aromatic heterocycles. The van der Waals surface area contributed by atoms with Crippen LogP contribution in [0.25, 0.3) is 6.08 Å². The van der Waals surface area contributed by atoms with Crippen LogP contribution in [-0.4, -0.2) is 18.6 Å². The molecule has 1 aromatic carbocycles. The van der Waals surface area contributed by atoms with Gasteiger partial charge in [0.15, 0.2) is 11.6 Å². The van der Waals surface area contributed by atoms with E-state index < -0.39 is 5.82 Å². The molecular weight excluding hydrogens is 305 g/mol. The van der Waals surface area contributed by atoms with Crippen molar-refractivity contribution >= 4 is 12.0 Å². The van der Waals surface area contributed by atoms with Crippen molar-refractivity contribution in [1.82, 2.24) is 5.32 Å². The Morgan fingerprint density at radius 1 is 1.21 bits per heavy atom. The summed E-state index contributed by atoms with van der Waals surface area (Å²) in [5, 5.41) is 3.29. The van der Waals surface area contributed by atoms with Crippen molar-refractivity contribution in [3.05, 3.63) is 35.7 Å². The molecule has 24 heavy (non-hydrogen) atoms. The van der Waals surface area contributed by atoms with Gasteiger partial charge in [-0.3, -0.25) is 4.79 Å². The van der Waals surface area contributed by atoms with E-state index in [2.05, 4.69) is 5.32 Å². The van der Waals surface area contributed by atoms with Crippen molar-refractivity contribution in [1.29, 1.82) is 0 Å². The largest absolute Gasteiger partial charge is 0.494 e. The van der Waals surface area contributed by atoms with Gasteiger partial charge in [0.25, 0.3) is 0 Å². The summed E-state index contributed by atoms with van der Waals surface area (Å²) >= 11 is 0. The first-order valence-corrected chi connectivity index (χ1v) is 8.89. The topological polar surface area (TPSA) is 38.3 Å². The number of carbonyl (C=O) groups excluding carboxylic acids is 1. The zero-order valence-corrected chi connectivity index (χ0v) is 14.1. The molecule has 1 aromatic rings. The molecule has 0 aliphatic heterocycles. The highest BCUT2D eigenvalue weighted by molar-refractivity contribution is 5.92. The summed E-state index contributed by atoms with van der Waals surface area (Å²) in [6.07, 6.45) is 10.7. The maximum atomic E-state index is 13.7. The SMILES string of the molecule is COc1ccc(C=CC(=O)NC23CC4CC(CC(C4)C2)C3)cc1F. The minimum atomic E-state index is -0.416. The van der Waals surface area contributed by atoms with Crippen LogP contribution in [0.3, 0.4) is 0 Å². The molecule has 4 heteroatoms. The van der Waals surface area contributed by atoms with Gasteiger partial charge in [-0.25, -0.2) is 4.39 Å². The van der Waals surface area contributed by atoms with Gasteiger partial charge in [0.2, 0.25) is 5.91 Å². The summed E-state index contributed by atoms with van der Waals surface area (Å²) in [4.78, 5) is 12.4. The van der Waals surface area contributed by atoms with Crippen LogP contribution in [0.15, 0.2) is 24.3 Å². The van der Waals surface area contributed by atoms with Crippen LogP contribution in [-0.2, 0) is 4.79 Å². The van der Waals surface area contributed by atoms with E-state index in [1.54, 1.807) is 18.2 Å². The highest BCUT2D eigenvalue weighted by atomic mass is 19.1. The fourth-order valence-corrected chi connectivity index (χ4v) is 5.52. The minimum absolute atomic E-state index is 0.0152. The molecule has 0 saturated heterocycles. The van der Waals surface area contributed by atoms with Crippen LogP contribution in [0.2, 0.25) is 0 Å². The predicted molar refractivity (Wildman–Crippen MR) is 91.0 cm³/mol. The lowest BCUT2D eigenvalue weighted by Crippen LogP contribution is -2.59. The van der Waals surface area contributed by atoms with Gasteiger partial charge in [0, 0.05) is 11.6 Å². The summed E-state index contributed by atoms with van der Waals surface area (Å²) in [7, 11) is 1.44. The van der Waals surface area contributed by atoms with Gasteiger partial charge in [-0.1, -0.05) is 6.07 Å². The van der Waals surface area contributed by atoms with Crippen LogP contribution >= 0.6 is 0 Å². The first-order valence-electron chi connectivity index (χ1n) is 8.89. The molecule has 1 amide bonds. The maximum absolute atomic E-state index is 13.7. The number of hydrogen-bond acceptors (Lipinski definition) is 2. The molecule has 4 aliphatic rings. The van der Waals surface area contributed by atoms with Crippen molar-refractivity contribution in [2.75, 3.05) is 7.11 Å².